The van der Waals surface area contributed by atoms with Crippen LogP contribution in [0.4, 0.5) is 5.69 Å². The number of carbonyl (C=O) groups is 1. The summed E-state index contributed by atoms with van der Waals surface area (Å²) in [6.45, 7) is 5.67. The van der Waals surface area contributed by atoms with E-state index in [9.17, 15) is 9.00 Å². The number of nitrogens with one attached hydrogen (secondary N) is 1. The average Bonchev–Trinajstić information content (AvgIpc) is 2.35. The van der Waals surface area contributed by atoms with Crippen molar-refractivity contribution in [3.63, 3.8) is 0 Å². The van der Waals surface area contributed by atoms with E-state index in [1.807, 2.05) is 26.8 Å². The highest BCUT2D eigenvalue weighted by atomic mass is 32.2. The molecule has 1 atom stereocenters. The lowest BCUT2D eigenvalue weighted by molar-refractivity contribution is -0.115. The largest absolute Gasteiger partial charge is 0.326 e. The maximum absolute atomic E-state index is 11.8. The fraction of sp³-hybridized carbons (Fsp3) is 0.429. The van der Waals surface area contributed by atoms with E-state index < -0.39 is 10.8 Å². The maximum Gasteiger partial charge on any atom is 0.225 e. The average molecular weight is 278 g/mol. The molecular formula is C14H18N2O2S. The van der Waals surface area contributed by atoms with Crippen LogP contribution >= 0.6 is 0 Å². The molecule has 0 saturated heterocycles. The first-order valence-corrected chi connectivity index (χ1v) is 7.33. The monoisotopic (exact) mass is 278 g/mol. The van der Waals surface area contributed by atoms with Crippen LogP contribution in [0.15, 0.2) is 24.3 Å². The second-order valence-corrected chi connectivity index (χ2v) is 7.47. The van der Waals surface area contributed by atoms with Gasteiger partial charge in [-0.05, 0) is 45.0 Å². The van der Waals surface area contributed by atoms with E-state index in [1.54, 1.807) is 24.3 Å². The van der Waals surface area contributed by atoms with E-state index in [2.05, 4.69) is 5.32 Å². The number of carbonyl (C=O) groups excluding carboxylic acids is 1. The van der Waals surface area contributed by atoms with Crippen molar-refractivity contribution in [2.75, 3.05) is 11.1 Å². The van der Waals surface area contributed by atoms with Gasteiger partial charge in [-0.3, -0.25) is 9.00 Å². The van der Waals surface area contributed by atoms with Crippen molar-refractivity contribution in [3.05, 3.63) is 29.8 Å². The minimum atomic E-state index is -1.02. The van der Waals surface area contributed by atoms with Crippen LogP contribution in [0.5, 0.6) is 0 Å². The molecule has 0 bridgehead atoms. The molecular weight excluding hydrogens is 260 g/mol. The zero-order valence-electron chi connectivity index (χ0n) is 11.4. The molecule has 0 aromatic heterocycles. The van der Waals surface area contributed by atoms with Crippen molar-refractivity contribution in [1.29, 1.82) is 5.26 Å². The van der Waals surface area contributed by atoms with Gasteiger partial charge in [0.25, 0.3) is 0 Å². The lowest BCUT2D eigenvalue weighted by Gasteiger charge is -2.17. The molecule has 4 nitrogen and oxygen atoms in total. The molecule has 1 aromatic carbocycles. The van der Waals surface area contributed by atoms with Crippen LogP contribution in [0.25, 0.3) is 0 Å². The Bertz CT molecular complexity index is 510. The first kappa shape index (κ1) is 15.4. The Labute approximate surface area is 116 Å². The van der Waals surface area contributed by atoms with Gasteiger partial charge in [-0.2, -0.15) is 5.26 Å². The predicted octanol–water partition coefficient (Wildman–Crippen LogP) is 2.43. The summed E-state index contributed by atoms with van der Waals surface area (Å²) in [6.07, 6.45) is 0.226. The van der Waals surface area contributed by atoms with E-state index in [4.69, 9.17) is 5.26 Å². The molecule has 0 aliphatic carbocycles. The molecule has 1 rings (SSSR count). The molecule has 1 aromatic rings. The molecule has 0 aliphatic heterocycles. The molecule has 0 saturated carbocycles. The number of nitrogens with zero attached hydrogens (tertiary/aromatic N) is 1. The number of anilines is 1. The van der Waals surface area contributed by atoms with E-state index in [1.165, 1.54) is 0 Å². The van der Waals surface area contributed by atoms with Gasteiger partial charge in [-0.15, -0.1) is 0 Å². The van der Waals surface area contributed by atoms with Gasteiger partial charge in [0.2, 0.25) is 5.91 Å². The van der Waals surface area contributed by atoms with E-state index in [-0.39, 0.29) is 17.1 Å². The Hall–Kier alpha value is -1.67. The molecule has 5 heteroatoms. The van der Waals surface area contributed by atoms with Crippen molar-refractivity contribution in [1.82, 2.24) is 0 Å². The molecule has 1 N–H and O–H groups in total. The molecule has 102 valence electrons. The SMILES string of the molecule is CC(C)(C)S(=O)CCC(=O)Nc1ccc(C#N)cc1. The molecule has 0 fully saturated rings. The predicted molar refractivity (Wildman–Crippen MR) is 77.2 cm³/mol. The molecule has 1 amide bonds. The summed E-state index contributed by atoms with van der Waals surface area (Å²) in [5.74, 6) is 0.188. The second-order valence-electron chi connectivity index (χ2n) is 5.15. The van der Waals surface area contributed by atoms with Crippen LogP contribution < -0.4 is 5.32 Å². The molecule has 0 aliphatic rings. The highest BCUT2D eigenvalue weighted by molar-refractivity contribution is 7.86. The third-order valence-electron chi connectivity index (χ3n) is 2.50. The summed E-state index contributed by atoms with van der Waals surface area (Å²) < 4.78 is 11.5. The van der Waals surface area contributed by atoms with Gasteiger partial charge in [0.1, 0.15) is 0 Å². The van der Waals surface area contributed by atoms with E-state index in [0.717, 1.165) is 0 Å². The number of rotatable bonds is 4. The fourth-order valence-corrected chi connectivity index (χ4v) is 2.33. The quantitative estimate of drug-likeness (QED) is 0.919. The second kappa shape index (κ2) is 6.48. The summed E-state index contributed by atoms with van der Waals surface area (Å²) in [4.78, 5) is 11.7. The lowest BCUT2D eigenvalue weighted by atomic mass is 10.2. The molecule has 0 spiro atoms. The van der Waals surface area contributed by atoms with Crippen LogP contribution in [0, 0.1) is 11.3 Å². The van der Waals surface area contributed by atoms with Crippen molar-refractivity contribution in [3.8, 4) is 6.07 Å². The Morgan fingerprint density at radius 3 is 2.37 bits per heavy atom. The van der Waals surface area contributed by atoms with Crippen LogP contribution in [0.3, 0.4) is 0 Å². The number of hydrogen-bond donors (Lipinski definition) is 1. The van der Waals surface area contributed by atoms with Gasteiger partial charge in [-0.25, -0.2) is 0 Å². The van der Waals surface area contributed by atoms with Gasteiger partial charge < -0.3 is 5.32 Å². The fourth-order valence-electron chi connectivity index (χ4n) is 1.34. The van der Waals surface area contributed by atoms with Crippen molar-refractivity contribution < 1.29 is 9.00 Å². The zero-order chi connectivity index (χ0) is 14.5. The number of hydrogen-bond acceptors (Lipinski definition) is 3. The molecule has 0 heterocycles. The van der Waals surface area contributed by atoms with Gasteiger partial charge in [0.05, 0.1) is 11.6 Å². The summed E-state index contributed by atoms with van der Waals surface area (Å²) in [5, 5.41) is 11.4. The normalized spacial score (nSPS) is 12.5. The van der Waals surface area contributed by atoms with Crippen LogP contribution in [-0.4, -0.2) is 20.6 Å². The van der Waals surface area contributed by atoms with Crippen LogP contribution in [-0.2, 0) is 15.6 Å². The highest BCUT2D eigenvalue weighted by Gasteiger charge is 2.19. The number of benzene rings is 1. The third kappa shape index (κ3) is 5.23. The van der Waals surface area contributed by atoms with Crippen LogP contribution in [0.2, 0.25) is 0 Å². The summed E-state index contributed by atoms with van der Waals surface area (Å²) in [5.41, 5.74) is 1.19. The number of nitriles is 1. The highest BCUT2D eigenvalue weighted by Crippen LogP contribution is 2.13. The maximum atomic E-state index is 11.8. The topological polar surface area (TPSA) is 70.0 Å². The molecule has 19 heavy (non-hydrogen) atoms. The Balaban J connectivity index is 2.47. The summed E-state index contributed by atoms with van der Waals surface area (Å²) >= 11 is 0. The Morgan fingerprint density at radius 1 is 1.32 bits per heavy atom. The van der Waals surface area contributed by atoms with Crippen molar-refractivity contribution in [2.24, 2.45) is 0 Å². The summed E-state index contributed by atoms with van der Waals surface area (Å²) in [7, 11) is -1.02. The summed E-state index contributed by atoms with van der Waals surface area (Å²) in [6, 6.07) is 8.65. The van der Waals surface area contributed by atoms with Gasteiger partial charge >= 0.3 is 0 Å². The van der Waals surface area contributed by atoms with Crippen LogP contribution in [0.1, 0.15) is 32.8 Å². The Kier molecular flexibility index (Phi) is 5.25. The molecule has 0 radical (unpaired) electrons. The zero-order valence-corrected chi connectivity index (χ0v) is 12.2. The third-order valence-corrected chi connectivity index (χ3v) is 4.44. The number of amides is 1. The lowest BCUT2D eigenvalue weighted by Crippen LogP contribution is -2.26. The van der Waals surface area contributed by atoms with Gasteiger partial charge in [0, 0.05) is 33.4 Å². The first-order valence-electron chi connectivity index (χ1n) is 6.01. The standard InChI is InChI=1S/C14H18N2O2S/c1-14(2,3)19(18)9-8-13(17)16-12-6-4-11(10-15)5-7-12/h4-7H,8-9H2,1-3H3,(H,16,17). The minimum Gasteiger partial charge on any atom is -0.326 e. The van der Waals surface area contributed by atoms with Crippen molar-refractivity contribution >= 4 is 22.4 Å². The smallest absolute Gasteiger partial charge is 0.225 e. The van der Waals surface area contributed by atoms with Gasteiger partial charge in [-0.1, -0.05) is 0 Å². The first-order chi connectivity index (χ1) is 8.82. The molecule has 1 unspecified atom stereocenters. The van der Waals surface area contributed by atoms with Gasteiger partial charge in [0.15, 0.2) is 0 Å². The Morgan fingerprint density at radius 2 is 1.89 bits per heavy atom. The van der Waals surface area contributed by atoms with Crippen molar-refractivity contribution in [2.45, 2.75) is 31.9 Å². The van der Waals surface area contributed by atoms with E-state index >= 15 is 0 Å². The minimum absolute atomic E-state index is 0.165. The van der Waals surface area contributed by atoms with E-state index in [0.29, 0.717) is 17.0 Å².